The van der Waals surface area contributed by atoms with Crippen LogP contribution in [0.5, 0.6) is 0 Å². The van der Waals surface area contributed by atoms with Crippen molar-refractivity contribution in [3.8, 4) is 0 Å². The van der Waals surface area contributed by atoms with E-state index in [0.717, 1.165) is 32.2 Å². The summed E-state index contributed by atoms with van der Waals surface area (Å²) in [5, 5.41) is 12.4. The van der Waals surface area contributed by atoms with Crippen molar-refractivity contribution in [2.24, 2.45) is 0 Å². The molecule has 0 aliphatic rings. The van der Waals surface area contributed by atoms with Crippen LogP contribution in [0, 0.1) is 0 Å². The summed E-state index contributed by atoms with van der Waals surface area (Å²) in [6.45, 7) is 5.23. The molecule has 1 unspecified atom stereocenters. The second-order valence-corrected chi connectivity index (χ2v) is 8.29. The van der Waals surface area contributed by atoms with Gasteiger partial charge in [0.2, 0.25) is 0 Å². The fraction of sp³-hybridized carbons (Fsp3) is 0.958. The van der Waals surface area contributed by atoms with E-state index in [1.54, 1.807) is 0 Å². The lowest BCUT2D eigenvalue weighted by molar-refractivity contribution is -0.139. The van der Waals surface area contributed by atoms with Crippen LogP contribution in [0.4, 0.5) is 0 Å². The molecule has 0 bridgehead atoms. The van der Waals surface area contributed by atoms with Crippen LogP contribution in [0.15, 0.2) is 0 Å². The highest BCUT2D eigenvalue weighted by Crippen LogP contribution is 2.13. The molecule has 0 amide bonds. The SMILES string of the molecule is CCCCCCCCCCCCCCCCCCNC(CCCC)C(=O)O. The van der Waals surface area contributed by atoms with Crippen LogP contribution < -0.4 is 5.32 Å². The van der Waals surface area contributed by atoms with E-state index < -0.39 is 5.97 Å². The molecule has 0 aliphatic carbocycles. The number of aliphatic carboxylic acids is 1. The average molecular weight is 384 g/mol. The topological polar surface area (TPSA) is 49.3 Å². The third kappa shape index (κ3) is 20.0. The summed E-state index contributed by atoms with van der Waals surface area (Å²) in [5.74, 6) is -0.694. The van der Waals surface area contributed by atoms with E-state index in [9.17, 15) is 9.90 Å². The molecule has 27 heavy (non-hydrogen) atoms. The van der Waals surface area contributed by atoms with Crippen LogP contribution in [-0.2, 0) is 4.79 Å². The number of rotatable bonds is 22. The maximum atomic E-state index is 11.1. The molecule has 3 heteroatoms. The van der Waals surface area contributed by atoms with E-state index in [1.807, 2.05) is 0 Å². The highest BCUT2D eigenvalue weighted by molar-refractivity contribution is 5.73. The maximum Gasteiger partial charge on any atom is 0.320 e. The highest BCUT2D eigenvalue weighted by Gasteiger charge is 2.14. The zero-order valence-corrected chi connectivity index (χ0v) is 18.6. The second-order valence-electron chi connectivity index (χ2n) is 8.29. The molecule has 3 nitrogen and oxygen atoms in total. The van der Waals surface area contributed by atoms with Crippen molar-refractivity contribution in [3.05, 3.63) is 0 Å². The highest BCUT2D eigenvalue weighted by atomic mass is 16.4. The molecule has 0 aromatic heterocycles. The molecule has 0 spiro atoms. The Morgan fingerprint density at radius 2 is 1.00 bits per heavy atom. The average Bonchev–Trinajstić information content (AvgIpc) is 2.66. The van der Waals surface area contributed by atoms with Crippen molar-refractivity contribution < 1.29 is 9.90 Å². The molecule has 0 saturated heterocycles. The summed E-state index contributed by atoms with van der Waals surface area (Å²) >= 11 is 0. The Hall–Kier alpha value is -0.570. The largest absolute Gasteiger partial charge is 0.480 e. The third-order valence-corrected chi connectivity index (χ3v) is 5.57. The minimum atomic E-state index is -0.694. The molecule has 0 rings (SSSR count). The summed E-state index contributed by atoms with van der Waals surface area (Å²) in [6, 6.07) is -0.346. The lowest BCUT2D eigenvalue weighted by Crippen LogP contribution is -2.37. The first-order chi connectivity index (χ1) is 13.2. The Morgan fingerprint density at radius 1 is 0.630 bits per heavy atom. The van der Waals surface area contributed by atoms with Gasteiger partial charge in [-0.1, -0.05) is 123 Å². The van der Waals surface area contributed by atoms with Gasteiger partial charge in [-0.2, -0.15) is 0 Å². The van der Waals surface area contributed by atoms with Gasteiger partial charge in [0.1, 0.15) is 6.04 Å². The first kappa shape index (κ1) is 26.4. The Bertz CT molecular complexity index is 307. The standard InChI is InChI=1S/C24H49NO2/c1-3-5-7-8-9-10-11-12-13-14-15-16-17-18-19-20-22-25-23(24(26)27)21-6-4-2/h23,25H,3-22H2,1-2H3,(H,26,27). The maximum absolute atomic E-state index is 11.1. The number of carboxylic acids is 1. The fourth-order valence-corrected chi connectivity index (χ4v) is 3.67. The van der Waals surface area contributed by atoms with Gasteiger partial charge in [0.25, 0.3) is 0 Å². The fourth-order valence-electron chi connectivity index (χ4n) is 3.67. The Kier molecular flexibility index (Phi) is 21.3. The zero-order chi connectivity index (χ0) is 20.0. The van der Waals surface area contributed by atoms with Gasteiger partial charge in [0, 0.05) is 0 Å². The van der Waals surface area contributed by atoms with Gasteiger partial charge in [-0.25, -0.2) is 0 Å². The zero-order valence-electron chi connectivity index (χ0n) is 18.6. The van der Waals surface area contributed by atoms with Crippen LogP contribution in [0.25, 0.3) is 0 Å². The predicted molar refractivity (Wildman–Crippen MR) is 118 cm³/mol. The predicted octanol–water partition coefficient (Wildman–Crippen LogP) is 7.48. The molecule has 0 heterocycles. The number of carboxylic acid groups (broad SMARTS) is 1. The van der Waals surface area contributed by atoms with Crippen LogP contribution in [-0.4, -0.2) is 23.7 Å². The third-order valence-electron chi connectivity index (χ3n) is 5.57. The molecule has 0 aromatic carbocycles. The first-order valence-electron chi connectivity index (χ1n) is 12.2. The number of unbranched alkanes of at least 4 members (excludes halogenated alkanes) is 16. The van der Waals surface area contributed by atoms with Crippen molar-refractivity contribution in [2.75, 3.05) is 6.54 Å². The summed E-state index contributed by atoms with van der Waals surface area (Å²) < 4.78 is 0. The molecule has 0 fully saturated rings. The van der Waals surface area contributed by atoms with E-state index in [0.29, 0.717) is 0 Å². The molecule has 0 aliphatic heterocycles. The molecule has 162 valence electrons. The molecule has 0 saturated carbocycles. The van der Waals surface area contributed by atoms with Crippen LogP contribution in [0.3, 0.4) is 0 Å². The molecule has 2 N–H and O–H groups in total. The Labute approximate surface area is 170 Å². The number of carbonyl (C=O) groups is 1. The molecule has 0 aromatic rings. The van der Waals surface area contributed by atoms with Gasteiger partial charge in [-0.05, 0) is 19.4 Å². The lowest BCUT2D eigenvalue weighted by Gasteiger charge is -2.13. The molecular formula is C24H49NO2. The summed E-state index contributed by atoms with van der Waals surface area (Å²) in [6.07, 6.45) is 24.8. The Morgan fingerprint density at radius 3 is 1.37 bits per heavy atom. The minimum Gasteiger partial charge on any atom is -0.480 e. The van der Waals surface area contributed by atoms with Gasteiger partial charge in [0.05, 0.1) is 0 Å². The molecule has 0 radical (unpaired) electrons. The van der Waals surface area contributed by atoms with Crippen LogP contribution >= 0.6 is 0 Å². The van der Waals surface area contributed by atoms with Crippen LogP contribution in [0.1, 0.15) is 136 Å². The number of hydrogen-bond donors (Lipinski definition) is 2. The summed E-state index contributed by atoms with van der Waals surface area (Å²) in [5.41, 5.74) is 0. The van der Waals surface area contributed by atoms with E-state index in [-0.39, 0.29) is 6.04 Å². The van der Waals surface area contributed by atoms with Crippen molar-refractivity contribution in [1.29, 1.82) is 0 Å². The minimum absolute atomic E-state index is 0.346. The lowest BCUT2D eigenvalue weighted by atomic mass is 10.0. The van der Waals surface area contributed by atoms with E-state index in [1.165, 1.54) is 96.3 Å². The number of hydrogen-bond acceptors (Lipinski definition) is 2. The van der Waals surface area contributed by atoms with Crippen molar-refractivity contribution in [1.82, 2.24) is 5.32 Å². The van der Waals surface area contributed by atoms with Gasteiger partial charge < -0.3 is 10.4 Å². The van der Waals surface area contributed by atoms with Crippen molar-refractivity contribution in [2.45, 2.75) is 142 Å². The quantitative estimate of drug-likeness (QED) is 0.190. The van der Waals surface area contributed by atoms with E-state index in [4.69, 9.17) is 0 Å². The van der Waals surface area contributed by atoms with Gasteiger partial charge >= 0.3 is 5.97 Å². The van der Waals surface area contributed by atoms with E-state index in [2.05, 4.69) is 19.2 Å². The summed E-state index contributed by atoms with van der Waals surface area (Å²) in [4.78, 5) is 11.1. The van der Waals surface area contributed by atoms with Gasteiger partial charge in [-0.3, -0.25) is 4.79 Å². The number of nitrogens with one attached hydrogen (secondary N) is 1. The monoisotopic (exact) mass is 383 g/mol. The van der Waals surface area contributed by atoms with Crippen molar-refractivity contribution in [3.63, 3.8) is 0 Å². The second kappa shape index (κ2) is 21.7. The molecule has 1 atom stereocenters. The van der Waals surface area contributed by atoms with E-state index >= 15 is 0 Å². The smallest absolute Gasteiger partial charge is 0.320 e. The van der Waals surface area contributed by atoms with Crippen LogP contribution in [0.2, 0.25) is 0 Å². The van der Waals surface area contributed by atoms with Gasteiger partial charge in [-0.15, -0.1) is 0 Å². The summed E-state index contributed by atoms with van der Waals surface area (Å²) in [7, 11) is 0. The first-order valence-corrected chi connectivity index (χ1v) is 12.2. The normalized spacial score (nSPS) is 12.4. The van der Waals surface area contributed by atoms with Crippen molar-refractivity contribution >= 4 is 5.97 Å². The Balaban J connectivity index is 3.21. The molecular weight excluding hydrogens is 334 g/mol. The van der Waals surface area contributed by atoms with Gasteiger partial charge in [0.15, 0.2) is 0 Å².